The third kappa shape index (κ3) is 3.73. The molecule has 0 saturated carbocycles. The zero-order valence-corrected chi connectivity index (χ0v) is 16.4. The second-order valence-corrected chi connectivity index (χ2v) is 7.30. The van der Waals surface area contributed by atoms with Gasteiger partial charge in [-0.1, -0.05) is 38.1 Å². The summed E-state index contributed by atoms with van der Waals surface area (Å²) in [6.45, 7) is 14.4. The lowest BCUT2D eigenvalue weighted by molar-refractivity contribution is 0.0893. The Morgan fingerprint density at radius 1 is 0.720 bits per heavy atom. The molecule has 2 rings (SSSR count). The van der Waals surface area contributed by atoms with Crippen molar-refractivity contribution in [1.29, 1.82) is 0 Å². The molecule has 0 unspecified atom stereocenters. The zero-order chi connectivity index (χ0) is 18.9. The van der Waals surface area contributed by atoms with Gasteiger partial charge in [0.1, 0.15) is 0 Å². The lowest BCUT2D eigenvalue weighted by Crippen LogP contribution is -2.14. The average molecular weight is 336 g/mol. The number of carbonyl (C=O) groups excluding carboxylic acids is 2. The van der Waals surface area contributed by atoms with Crippen molar-refractivity contribution in [3.05, 3.63) is 68.8 Å². The van der Waals surface area contributed by atoms with Gasteiger partial charge in [-0.2, -0.15) is 0 Å². The topological polar surface area (TPSA) is 34.1 Å². The molecule has 0 aromatic heterocycles. The summed E-state index contributed by atoms with van der Waals surface area (Å²) in [5.74, 6) is 0.226. The first-order valence-electron chi connectivity index (χ1n) is 8.88. The number of benzene rings is 2. The minimum Gasteiger partial charge on any atom is -0.294 e. The van der Waals surface area contributed by atoms with Gasteiger partial charge in [0.2, 0.25) is 0 Å². The van der Waals surface area contributed by atoms with E-state index in [1.165, 1.54) is 11.1 Å². The van der Waals surface area contributed by atoms with Crippen LogP contribution in [0.2, 0.25) is 0 Å². The Morgan fingerprint density at radius 2 is 1.16 bits per heavy atom. The molecule has 0 N–H and O–H groups in total. The molecule has 0 heterocycles. The van der Waals surface area contributed by atoms with Crippen LogP contribution in [0, 0.1) is 34.6 Å². The maximum Gasteiger partial charge on any atom is 0.171 e. The van der Waals surface area contributed by atoms with Crippen LogP contribution in [0.1, 0.15) is 80.3 Å². The maximum absolute atomic E-state index is 12.8. The van der Waals surface area contributed by atoms with Crippen molar-refractivity contribution in [1.82, 2.24) is 0 Å². The summed E-state index contributed by atoms with van der Waals surface area (Å²) in [5, 5.41) is 0. The summed E-state index contributed by atoms with van der Waals surface area (Å²) in [4.78, 5) is 25.4. The first-order valence-corrected chi connectivity index (χ1v) is 8.88. The van der Waals surface area contributed by atoms with E-state index in [1.54, 1.807) is 0 Å². The van der Waals surface area contributed by atoms with Crippen LogP contribution in [0.5, 0.6) is 0 Å². The Labute approximate surface area is 151 Å². The van der Waals surface area contributed by atoms with E-state index in [1.807, 2.05) is 52.0 Å². The van der Waals surface area contributed by atoms with Gasteiger partial charge in [-0.3, -0.25) is 9.59 Å². The molecule has 0 atom stereocenters. The van der Waals surface area contributed by atoms with Crippen molar-refractivity contribution in [2.45, 2.75) is 60.8 Å². The highest BCUT2D eigenvalue weighted by Crippen LogP contribution is 2.27. The molecule has 0 fully saturated rings. The highest BCUT2D eigenvalue weighted by Gasteiger charge is 2.21. The Bertz CT molecular complexity index is 795. The molecule has 0 spiro atoms. The second-order valence-electron chi connectivity index (χ2n) is 7.30. The standard InChI is InChI=1S/C23H28O2/c1-13(2)19-8-10-20(11-9-19)21(24)12-22(25)23-17(6)15(4)14(3)16(5)18(23)7/h8-11,13H,12H2,1-7H3. The molecule has 2 aromatic carbocycles. The van der Waals surface area contributed by atoms with Crippen LogP contribution in [-0.2, 0) is 0 Å². The molecular formula is C23H28O2. The van der Waals surface area contributed by atoms with Gasteiger partial charge < -0.3 is 0 Å². The normalized spacial score (nSPS) is 11.0. The van der Waals surface area contributed by atoms with Gasteiger partial charge in [0.15, 0.2) is 11.6 Å². The first-order chi connectivity index (χ1) is 11.6. The van der Waals surface area contributed by atoms with Gasteiger partial charge in [-0.05, 0) is 73.9 Å². The molecule has 2 aromatic rings. The van der Waals surface area contributed by atoms with E-state index in [9.17, 15) is 9.59 Å². The second kappa shape index (κ2) is 7.35. The molecule has 0 bridgehead atoms. The van der Waals surface area contributed by atoms with Gasteiger partial charge in [0, 0.05) is 11.1 Å². The number of hydrogen-bond acceptors (Lipinski definition) is 2. The molecule has 2 nitrogen and oxygen atoms in total. The van der Waals surface area contributed by atoms with Crippen molar-refractivity contribution in [3.63, 3.8) is 0 Å². The van der Waals surface area contributed by atoms with Crippen molar-refractivity contribution in [2.75, 3.05) is 0 Å². The van der Waals surface area contributed by atoms with Crippen molar-refractivity contribution in [2.24, 2.45) is 0 Å². The van der Waals surface area contributed by atoms with Crippen LogP contribution < -0.4 is 0 Å². The zero-order valence-electron chi connectivity index (χ0n) is 16.4. The molecule has 0 aliphatic rings. The fraction of sp³-hybridized carbons (Fsp3) is 0.391. The predicted molar refractivity (Wildman–Crippen MR) is 104 cm³/mol. The lowest BCUT2D eigenvalue weighted by Gasteiger charge is -2.17. The molecule has 0 aliphatic carbocycles. The van der Waals surface area contributed by atoms with Crippen LogP contribution >= 0.6 is 0 Å². The van der Waals surface area contributed by atoms with E-state index in [-0.39, 0.29) is 18.0 Å². The summed E-state index contributed by atoms with van der Waals surface area (Å²) in [6, 6.07) is 7.60. The molecular weight excluding hydrogens is 308 g/mol. The summed E-state index contributed by atoms with van der Waals surface area (Å²) in [5.41, 5.74) is 8.00. The number of ketones is 2. The largest absolute Gasteiger partial charge is 0.294 e. The summed E-state index contributed by atoms with van der Waals surface area (Å²) >= 11 is 0. The third-order valence-electron chi connectivity index (χ3n) is 5.50. The van der Waals surface area contributed by atoms with Gasteiger partial charge >= 0.3 is 0 Å². The quantitative estimate of drug-likeness (QED) is 0.510. The highest BCUT2D eigenvalue weighted by molar-refractivity contribution is 6.14. The van der Waals surface area contributed by atoms with Crippen LogP contribution in [0.3, 0.4) is 0 Å². The van der Waals surface area contributed by atoms with Gasteiger partial charge in [0.05, 0.1) is 6.42 Å². The number of carbonyl (C=O) groups is 2. The summed E-state index contributed by atoms with van der Waals surface area (Å²) in [6.07, 6.45) is -0.0787. The van der Waals surface area contributed by atoms with E-state index in [2.05, 4.69) is 20.8 Å². The predicted octanol–water partition coefficient (Wildman–Crippen LogP) is 5.81. The fourth-order valence-corrected chi connectivity index (χ4v) is 3.31. The monoisotopic (exact) mass is 336 g/mol. The van der Waals surface area contributed by atoms with Crippen molar-refractivity contribution in [3.8, 4) is 0 Å². The number of Topliss-reactive ketones (excluding diaryl/α,β-unsaturated/α-hetero) is 2. The minimum atomic E-state index is -0.116. The van der Waals surface area contributed by atoms with E-state index in [4.69, 9.17) is 0 Å². The van der Waals surface area contributed by atoms with Crippen LogP contribution in [0.15, 0.2) is 24.3 Å². The Morgan fingerprint density at radius 3 is 1.60 bits per heavy atom. The van der Waals surface area contributed by atoms with Gasteiger partial charge in [0.25, 0.3) is 0 Å². The van der Waals surface area contributed by atoms with Crippen LogP contribution in [0.25, 0.3) is 0 Å². The Kier molecular flexibility index (Phi) is 5.62. The summed E-state index contributed by atoms with van der Waals surface area (Å²) in [7, 11) is 0. The summed E-state index contributed by atoms with van der Waals surface area (Å²) < 4.78 is 0. The molecule has 0 amide bonds. The molecule has 0 saturated heterocycles. The van der Waals surface area contributed by atoms with Gasteiger partial charge in [-0.15, -0.1) is 0 Å². The molecule has 0 aliphatic heterocycles. The fourth-order valence-electron chi connectivity index (χ4n) is 3.31. The smallest absolute Gasteiger partial charge is 0.171 e. The van der Waals surface area contributed by atoms with Crippen molar-refractivity contribution < 1.29 is 9.59 Å². The average Bonchev–Trinajstić information content (AvgIpc) is 2.58. The van der Waals surface area contributed by atoms with E-state index in [0.717, 1.165) is 22.3 Å². The number of rotatable bonds is 5. The minimum absolute atomic E-state index is 0.0787. The first kappa shape index (κ1) is 19.1. The van der Waals surface area contributed by atoms with Crippen molar-refractivity contribution >= 4 is 11.6 Å². The Hall–Kier alpha value is -2.22. The highest BCUT2D eigenvalue weighted by atomic mass is 16.1. The molecule has 2 heteroatoms. The van der Waals surface area contributed by atoms with Crippen LogP contribution in [0.4, 0.5) is 0 Å². The van der Waals surface area contributed by atoms with E-state index < -0.39 is 0 Å². The maximum atomic E-state index is 12.8. The van der Waals surface area contributed by atoms with E-state index in [0.29, 0.717) is 17.0 Å². The third-order valence-corrected chi connectivity index (χ3v) is 5.50. The lowest BCUT2D eigenvalue weighted by atomic mass is 9.86. The molecule has 132 valence electrons. The number of hydrogen-bond donors (Lipinski definition) is 0. The Balaban J connectivity index is 2.29. The SMILES string of the molecule is Cc1c(C)c(C)c(C(=O)CC(=O)c2ccc(C(C)C)cc2)c(C)c1C. The van der Waals surface area contributed by atoms with E-state index >= 15 is 0 Å². The molecule has 0 radical (unpaired) electrons. The van der Waals surface area contributed by atoms with Crippen LogP contribution in [-0.4, -0.2) is 11.6 Å². The van der Waals surface area contributed by atoms with Gasteiger partial charge in [-0.25, -0.2) is 0 Å². The molecule has 25 heavy (non-hydrogen) atoms.